The van der Waals surface area contributed by atoms with Gasteiger partial charge in [-0.25, -0.2) is 4.98 Å². The van der Waals surface area contributed by atoms with Gasteiger partial charge in [0.05, 0.1) is 10.9 Å². The molecule has 3 aromatic heterocycles. The second-order valence-electron chi connectivity index (χ2n) is 7.56. The summed E-state index contributed by atoms with van der Waals surface area (Å²) in [5, 5.41) is 7.76. The van der Waals surface area contributed by atoms with Crippen LogP contribution in [0, 0.1) is 0 Å². The molecule has 1 N–H and O–H groups in total. The zero-order chi connectivity index (χ0) is 22.0. The molecule has 0 aliphatic rings. The first kappa shape index (κ1) is 21.4. The van der Waals surface area contributed by atoms with E-state index in [1.807, 2.05) is 36.4 Å². The molecule has 0 unspecified atom stereocenters. The third-order valence-electron chi connectivity index (χ3n) is 4.92. The topological polar surface area (TPSA) is 74.8 Å². The molecule has 0 fully saturated rings. The number of carbonyl (C=O) groups excluding carboxylic acids is 1. The predicted molar refractivity (Wildman–Crippen MR) is 124 cm³/mol. The molecule has 0 amide bonds. The van der Waals surface area contributed by atoms with Crippen LogP contribution in [-0.4, -0.2) is 44.9 Å². The summed E-state index contributed by atoms with van der Waals surface area (Å²) in [6, 6.07) is 14.1. The van der Waals surface area contributed by atoms with Crippen LogP contribution in [0.15, 0.2) is 55.0 Å². The van der Waals surface area contributed by atoms with Crippen molar-refractivity contribution in [2.24, 2.45) is 0 Å². The minimum atomic E-state index is 0.000828. The van der Waals surface area contributed by atoms with E-state index in [0.29, 0.717) is 11.4 Å². The molecule has 1 atom stereocenters. The zero-order valence-corrected chi connectivity index (χ0v) is 19.0. The number of rotatable bonds is 7. The van der Waals surface area contributed by atoms with Crippen LogP contribution in [0.5, 0.6) is 0 Å². The summed E-state index contributed by atoms with van der Waals surface area (Å²) in [5.74, 6) is 0.819. The van der Waals surface area contributed by atoms with Gasteiger partial charge < -0.3 is 0 Å². The number of aromatic nitrogens is 4. The average Bonchev–Trinajstić information content (AvgIpc) is 3.39. The SMILES string of the molecule is CC(=O)Cc1cc(-c2cc([C@@H](c3ccc(Cl)cc3)N(C)C)c(-c3ncn[nH]3)s2)ccn1. The minimum absolute atomic E-state index is 0.000828. The van der Waals surface area contributed by atoms with Gasteiger partial charge >= 0.3 is 0 Å². The van der Waals surface area contributed by atoms with Crippen molar-refractivity contribution in [1.82, 2.24) is 25.1 Å². The second-order valence-corrected chi connectivity index (χ2v) is 9.05. The number of carbonyl (C=O) groups is 1. The maximum Gasteiger partial charge on any atom is 0.165 e. The monoisotopic (exact) mass is 451 g/mol. The first-order valence-electron chi connectivity index (χ1n) is 9.78. The van der Waals surface area contributed by atoms with E-state index < -0.39 is 0 Å². The van der Waals surface area contributed by atoms with Gasteiger partial charge in [0.25, 0.3) is 0 Å². The normalized spacial score (nSPS) is 12.3. The van der Waals surface area contributed by atoms with Crippen LogP contribution in [0.1, 0.15) is 29.8 Å². The maximum absolute atomic E-state index is 11.5. The first-order valence-corrected chi connectivity index (χ1v) is 11.0. The van der Waals surface area contributed by atoms with E-state index in [1.165, 1.54) is 6.33 Å². The van der Waals surface area contributed by atoms with Crippen LogP contribution in [0.2, 0.25) is 5.02 Å². The zero-order valence-electron chi connectivity index (χ0n) is 17.5. The Hall–Kier alpha value is -2.87. The van der Waals surface area contributed by atoms with Crippen molar-refractivity contribution in [3.05, 3.63) is 76.8 Å². The number of benzene rings is 1. The lowest BCUT2D eigenvalue weighted by atomic mass is 9.97. The van der Waals surface area contributed by atoms with Crippen molar-refractivity contribution in [2.75, 3.05) is 14.1 Å². The van der Waals surface area contributed by atoms with Gasteiger partial charge in [-0.05, 0) is 68.0 Å². The lowest BCUT2D eigenvalue weighted by molar-refractivity contribution is -0.116. The number of Topliss-reactive ketones (excluding diaryl/α,β-unsaturated/α-hetero) is 1. The van der Waals surface area contributed by atoms with E-state index in [1.54, 1.807) is 24.5 Å². The summed E-state index contributed by atoms with van der Waals surface area (Å²) in [6.45, 7) is 1.58. The molecule has 1 aromatic carbocycles. The Kier molecular flexibility index (Phi) is 6.27. The fourth-order valence-electron chi connectivity index (χ4n) is 3.63. The van der Waals surface area contributed by atoms with E-state index in [9.17, 15) is 4.79 Å². The second kappa shape index (κ2) is 9.09. The Morgan fingerprint density at radius 2 is 1.94 bits per heavy atom. The van der Waals surface area contributed by atoms with Crippen molar-refractivity contribution in [3.63, 3.8) is 0 Å². The number of aromatic amines is 1. The molecule has 0 spiro atoms. The molecule has 6 nitrogen and oxygen atoms in total. The molecule has 4 aromatic rings. The van der Waals surface area contributed by atoms with Gasteiger partial charge in [0.15, 0.2) is 5.82 Å². The minimum Gasteiger partial charge on any atom is -0.300 e. The first-order chi connectivity index (χ1) is 14.9. The van der Waals surface area contributed by atoms with Crippen LogP contribution in [0.25, 0.3) is 21.1 Å². The van der Waals surface area contributed by atoms with Crippen molar-refractivity contribution >= 4 is 28.7 Å². The summed E-state index contributed by atoms with van der Waals surface area (Å²) in [4.78, 5) is 24.6. The number of hydrogen-bond donors (Lipinski definition) is 1. The average molecular weight is 452 g/mol. The standard InChI is InChI=1S/C23H22ClN5OS/c1-14(30)10-18-11-16(8-9-25-18)20-12-19(22(31-20)23-26-13-27-28-23)21(29(2)3)15-4-6-17(24)7-5-15/h4-9,11-13,21H,10H2,1-3H3,(H,26,27,28)/t21-/m1/s1. The van der Waals surface area contributed by atoms with Crippen LogP contribution in [0.3, 0.4) is 0 Å². The quantitative estimate of drug-likeness (QED) is 0.426. The summed E-state index contributed by atoms with van der Waals surface area (Å²) >= 11 is 7.77. The number of halogens is 1. The van der Waals surface area contributed by atoms with Gasteiger partial charge in [-0.3, -0.25) is 19.8 Å². The van der Waals surface area contributed by atoms with Gasteiger partial charge in [0, 0.05) is 28.2 Å². The van der Waals surface area contributed by atoms with Gasteiger partial charge in [0.2, 0.25) is 0 Å². The van der Waals surface area contributed by atoms with Gasteiger partial charge in [0.1, 0.15) is 12.1 Å². The Morgan fingerprint density at radius 1 is 1.16 bits per heavy atom. The summed E-state index contributed by atoms with van der Waals surface area (Å²) in [7, 11) is 4.11. The molecule has 0 saturated heterocycles. The van der Waals surface area contributed by atoms with Crippen LogP contribution >= 0.6 is 22.9 Å². The number of H-pyrrole nitrogens is 1. The third-order valence-corrected chi connectivity index (χ3v) is 6.38. The molecule has 0 aliphatic heterocycles. The fraction of sp³-hybridized carbons (Fsp3) is 0.217. The summed E-state index contributed by atoms with van der Waals surface area (Å²) in [6.07, 6.45) is 3.60. The molecule has 0 saturated carbocycles. The number of ketones is 1. The smallest absolute Gasteiger partial charge is 0.165 e. The Morgan fingerprint density at radius 3 is 2.58 bits per heavy atom. The van der Waals surface area contributed by atoms with E-state index >= 15 is 0 Å². The number of nitrogens with one attached hydrogen (secondary N) is 1. The number of hydrogen-bond acceptors (Lipinski definition) is 6. The predicted octanol–water partition coefficient (Wildman–Crippen LogP) is 5.03. The molecule has 0 radical (unpaired) electrons. The highest BCUT2D eigenvalue weighted by Gasteiger charge is 2.25. The highest BCUT2D eigenvalue weighted by Crippen LogP contribution is 2.43. The van der Waals surface area contributed by atoms with Crippen LogP contribution in [-0.2, 0) is 11.2 Å². The van der Waals surface area contributed by atoms with Gasteiger partial charge in [-0.1, -0.05) is 23.7 Å². The highest BCUT2D eigenvalue weighted by atomic mass is 35.5. The van der Waals surface area contributed by atoms with Crippen molar-refractivity contribution < 1.29 is 4.79 Å². The van der Waals surface area contributed by atoms with Crippen LogP contribution in [0.4, 0.5) is 0 Å². The number of pyridine rings is 1. The molecule has 3 heterocycles. The third kappa shape index (κ3) is 4.74. The van der Waals surface area contributed by atoms with Crippen molar-refractivity contribution in [2.45, 2.75) is 19.4 Å². The molecular weight excluding hydrogens is 430 g/mol. The van der Waals surface area contributed by atoms with E-state index in [0.717, 1.165) is 38.0 Å². The van der Waals surface area contributed by atoms with Crippen molar-refractivity contribution in [3.8, 4) is 21.1 Å². The summed E-state index contributed by atoms with van der Waals surface area (Å²) in [5.41, 5.74) is 4.04. The molecule has 0 aliphatic carbocycles. The van der Waals surface area contributed by atoms with Gasteiger partial charge in [-0.2, -0.15) is 5.10 Å². The number of nitrogens with zero attached hydrogens (tertiary/aromatic N) is 4. The molecule has 31 heavy (non-hydrogen) atoms. The lowest BCUT2D eigenvalue weighted by Gasteiger charge is -2.25. The van der Waals surface area contributed by atoms with Crippen LogP contribution < -0.4 is 0 Å². The maximum atomic E-state index is 11.5. The van der Waals surface area contributed by atoms with Crippen molar-refractivity contribution in [1.29, 1.82) is 0 Å². The lowest BCUT2D eigenvalue weighted by Crippen LogP contribution is -2.21. The fourth-order valence-corrected chi connectivity index (χ4v) is 4.89. The Balaban J connectivity index is 1.85. The van der Waals surface area contributed by atoms with Gasteiger partial charge in [-0.15, -0.1) is 11.3 Å². The van der Waals surface area contributed by atoms with E-state index in [-0.39, 0.29) is 11.8 Å². The summed E-state index contributed by atoms with van der Waals surface area (Å²) < 4.78 is 0. The Labute approximate surface area is 189 Å². The molecule has 4 rings (SSSR count). The largest absolute Gasteiger partial charge is 0.300 e. The molecular formula is C23H22ClN5OS. The molecule has 158 valence electrons. The molecule has 8 heteroatoms. The van der Waals surface area contributed by atoms with E-state index in [2.05, 4.69) is 45.2 Å². The Bertz CT molecular complexity index is 1190. The van der Waals surface area contributed by atoms with E-state index in [4.69, 9.17) is 11.6 Å². The highest BCUT2D eigenvalue weighted by molar-refractivity contribution is 7.19. The number of thiophene rings is 1. The molecule has 0 bridgehead atoms.